The third kappa shape index (κ3) is 3.08. The lowest BCUT2D eigenvalue weighted by Gasteiger charge is -2.26. The molecular weight excluding hydrogens is 272 g/mol. The first-order valence-electron chi connectivity index (χ1n) is 5.58. The summed E-state index contributed by atoms with van der Waals surface area (Å²) >= 11 is 0. The Kier molecular flexibility index (Phi) is 3.52. The van der Waals surface area contributed by atoms with Crippen LogP contribution in [0.2, 0.25) is 0 Å². The van der Waals surface area contributed by atoms with Gasteiger partial charge in [0, 0.05) is 24.8 Å². The zero-order chi connectivity index (χ0) is 14.0. The van der Waals surface area contributed by atoms with E-state index in [1.165, 1.54) is 23.2 Å². The summed E-state index contributed by atoms with van der Waals surface area (Å²) < 4.78 is 22.5. The van der Waals surface area contributed by atoms with Crippen molar-refractivity contribution in [1.29, 1.82) is 0 Å². The number of pyridine rings is 1. The lowest BCUT2D eigenvalue weighted by molar-refractivity contribution is 0.0690. The van der Waals surface area contributed by atoms with Crippen LogP contribution in [0.1, 0.15) is 20.8 Å². The van der Waals surface area contributed by atoms with Gasteiger partial charge in [-0.2, -0.15) is 0 Å². The highest BCUT2D eigenvalue weighted by Gasteiger charge is 2.26. The SMILES string of the molecule is O=C(O)c1cc(C(=O)N2CCS(=O)(=O)CC2)ccn1. The van der Waals surface area contributed by atoms with Gasteiger partial charge in [0.15, 0.2) is 9.84 Å². The summed E-state index contributed by atoms with van der Waals surface area (Å²) in [6.07, 6.45) is 1.25. The standard InChI is InChI=1S/C11H12N2O5S/c14-10(13-3-5-19(17,18)6-4-13)8-1-2-12-9(7-8)11(15)16/h1-2,7H,3-6H2,(H,15,16). The quantitative estimate of drug-likeness (QED) is 0.796. The number of rotatable bonds is 2. The molecule has 1 aliphatic heterocycles. The Morgan fingerprint density at radius 3 is 2.47 bits per heavy atom. The van der Waals surface area contributed by atoms with Gasteiger partial charge >= 0.3 is 5.97 Å². The van der Waals surface area contributed by atoms with Crippen LogP contribution in [-0.2, 0) is 9.84 Å². The Balaban J connectivity index is 2.16. The van der Waals surface area contributed by atoms with E-state index in [4.69, 9.17) is 5.11 Å². The van der Waals surface area contributed by atoms with Crippen LogP contribution in [0.15, 0.2) is 18.3 Å². The number of sulfone groups is 1. The molecule has 0 saturated carbocycles. The predicted molar refractivity (Wildman–Crippen MR) is 65.8 cm³/mol. The summed E-state index contributed by atoms with van der Waals surface area (Å²) in [5.41, 5.74) is -0.0119. The van der Waals surface area contributed by atoms with E-state index in [2.05, 4.69) is 4.98 Å². The number of carboxylic acid groups (broad SMARTS) is 1. The lowest BCUT2D eigenvalue weighted by Crippen LogP contribution is -2.43. The summed E-state index contributed by atoms with van der Waals surface area (Å²) in [5, 5.41) is 8.80. The van der Waals surface area contributed by atoms with E-state index >= 15 is 0 Å². The zero-order valence-corrected chi connectivity index (χ0v) is 10.8. The third-order valence-electron chi connectivity index (χ3n) is 2.86. The Morgan fingerprint density at radius 1 is 1.26 bits per heavy atom. The molecule has 0 aromatic carbocycles. The molecule has 1 aromatic heterocycles. The topological polar surface area (TPSA) is 105 Å². The maximum absolute atomic E-state index is 12.1. The van der Waals surface area contributed by atoms with E-state index in [0.29, 0.717) is 0 Å². The summed E-state index contributed by atoms with van der Waals surface area (Å²) in [7, 11) is -3.05. The Hall–Kier alpha value is -1.96. The highest BCUT2D eigenvalue weighted by molar-refractivity contribution is 7.91. The lowest BCUT2D eigenvalue weighted by atomic mass is 10.2. The molecule has 0 bridgehead atoms. The van der Waals surface area contributed by atoms with Crippen molar-refractivity contribution in [2.45, 2.75) is 0 Å². The molecular formula is C11H12N2O5S. The average Bonchev–Trinajstić information content (AvgIpc) is 2.38. The van der Waals surface area contributed by atoms with E-state index < -0.39 is 15.8 Å². The van der Waals surface area contributed by atoms with Gasteiger partial charge in [-0.05, 0) is 12.1 Å². The summed E-state index contributed by atoms with van der Waals surface area (Å²) in [6.45, 7) is 0.262. The Labute approximate surface area is 109 Å². The molecule has 19 heavy (non-hydrogen) atoms. The van der Waals surface area contributed by atoms with Gasteiger partial charge in [-0.3, -0.25) is 4.79 Å². The first-order valence-corrected chi connectivity index (χ1v) is 7.40. The van der Waals surface area contributed by atoms with Crippen molar-refractivity contribution in [3.05, 3.63) is 29.6 Å². The molecule has 8 heteroatoms. The van der Waals surface area contributed by atoms with Gasteiger partial charge in [0.05, 0.1) is 11.5 Å². The molecule has 1 amide bonds. The average molecular weight is 284 g/mol. The van der Waals surface area contributed by atoms with Crippen LogP contribution in [0, 0.1) is 0 Å². The third-order valence-corrected chi connectivity index (χ3v) is 4.47. The number of carboxylic acids is 1. The minimum atomic E-state index is -3.05. The van der Waals surface area contributed by atoms with E-state index in [1.54, 1.807) is 0 Å². The fourth-order valence-corrected chi connectivity index (χ4v) is 2.98. The largest absolute Gasteiger partial charge is 0.477 e. The highest BCUT2D eigenvalue weighted by Crippen LogP contribution is 2.10. The molecule has 0 aliphatic carbocycles. The van der Waals surface area contributed by atoms with Gasteiger partial charge in [0.1, 0.15) is 5.69 Å². The molecule has 102 valence electrons. The maximum Gasteiger partial charge on any atom is 0.354 e. The van der Waals surface area contributed by atoms with Crippen molar-refractivity contribution in [2.75, 3.05) is 24.6 Å². The second-order valence-corrected chi connectivity index (χ2v) is 6.48. The van der Waals surface area contributed by atoms with Crippen molar-refractivity contribution in [1.82, 2.24) is 9.88 Å². The van der Waals surface area contributed by atoms with Crippen LogP contribution in [-0.4, -0.2) is 59.9 Å². The normalized spacial score (nSPS) is 18.0. The molecule has 0 unspecified atom stereocenters. The second-order valence-electron chi connectivity index (χ2n) is 4.18. The zero-order valence-electron chi connectivity index (χ0n) is 9.94. The molecule has 2 heterocycles. The Morgan fingerprint density at radius 2 is 1.89 bits per heavy atom. The van der Waals surface area contributed by atoms with Gasteiger partial charge in [0.2, 0.25) is 0 Å². The maximum atomic E-state index is 12.1. The van der Waals surface area contributed by atoms with Crippen molar-refractivity contribution in [2.24, 2.45) is 0 Å². The van der Waals surface area contributed by atoms with Gasteiger partial charge in [-0.1, -0.05) is 0 Å². The van der Waals surface area contributed by atoms with Crippen LogP contribution in [0.5, 0.6) is 0 Å². The van der Waals surface area contributed by atoms with Gasteiger partial charge < -0.3 is 10.0 Å². The van der Waals surface area contributed by atoms with Gasteiger partial charge in [-0.15, -0.1) is 0 Å². The molecule has 1 saturated heterocycles. The summed E-state index contributed by atoms with van der Waals surface area (Å²) in [5.74, 6) is -1.71. The van der Waals surface area contributed by atoms with Crippen LogP contribution in [0.3, 0.4) is 0 Å². The van der Waals surface area contributed by atoms with Crippen LogP contribution >= 0.6 is 0 Å². The minimum Gasteiger partial charge on any atom is -0.477 e. The molecule has 0 radical (unpaired) electrons. The number of carbonyl (C=O) groups is 2. The second kappa shape index (κ2) is 4.96. The molecule has 1 aliphatic rings. The number of aromatic carboxylic acids is 1. The van der Waals surface area contributed by atoms with E-state index in [-0.39, 0.29) is 41.8 Å². The number of nitrogens with zero attached hydrogens (tertiary/aromatic N) is 2. The summed E-state index contributed by atoms with van der Waals surface area (Å²) in [4.78, 5) is 27.9. The fourth-order valence-electron chi connectivity index (χ4n) is 1.78. The molecule has 1 fully saturated rings. The minimum absolute atomic E-state index is 0.0599. The van der Waals surface area contributed by atoms with Crippen molar-refractivity contribution >= 4 is 21.7 Å². The number of aromatic nitrogens is 1. The molecule has 0 spiro atoms. The first-order chi connectivity index (χ1) is 8.89. The Bertz CT molecular complexity index is 612. The van der Waals surface area contributed by atoms with Crippen molar-refractivity contribution in [3.63, 3.8) is 0 Å². The summed E-state index contributed by atoms with van der Waals surface area (Å²) in [6, 6.07) is 2.60. The molecule has 2 rings (SSSR count). The fraction of sp³-hybridized carbons (Fsp3) is 0.364. The van der Waals surface area contributed by atoms with E-state index in [0.717, 1.165) is 0 Å². The van der Waals surface area contributed by atoms with E-state index in [1.807, 2.05) is 0 Å². The molecule has 1 N–H and O–H groups in total. The molecule has 7 nitrogen and oxygen atoms in total. The number of amides is 1. The number of hydrogen-bond donors (Lipinski definition) is 1. The van der Waals surface area contributed by atoms with Crippen LogP contribution in [0.4, 0.5) is 0 Å². The van der Waals surface area contributed by atoms with Crippen LogP contribution in [0.25, 0.3) is 0 Å². The molecule has 1 aromatic rings. The predicted octanol–water partition coefficient (Wildman–Crippen LogP) is -0.350. The van der Waals surface area contributed by atoms with Gasteiger partial charge in [0.25, 0.3) is 5.91 Å². The molecule has 0 atom stereocenters. The van der Waals surface area contributed by atoms with Gasteiger partial charge in [-0.25, -0.2) is 18.2 Å². The number of carbonyl (C=O) groups excluding carboxylic acids is 1. The highest BCUT2D eigenvalue weighted by atomic mass is 32.2. The first kappa shape index (κ1) is 13.5. The number of hydrogen-bond acceptors (Lipinski definition) is 5. The smallest absolute Gasteiger partial charge is 0.354 e. The monoisotopic (exact) mass is 284 g/mol. The van der Waals surface area contributed by atoms with Crippen LogP contribution < -0.4 is 0 Å². The van der Waals surface area contributed by atoms with E-state index in [9.17, 15) is 18.0 Å². The van der Waals surface area contributed by atoms with Crippen molar-refractivity contribution < 1.29 is 23.1 Å². The van der Waals surface area contributed by atoms with Crippen molar-refractivity contribution in [3.8, 4) is 0 Å².